The molecule has 0 aliphatic rings. The van der Waals surface area contributed by atoms with Crippen LogP contribution < -0.4 is 0 Å². The molecule has 0 saturated heterocycles. The molecular formula is C31H33F3N2. The van der Waals surface area contributed by atoms with Crippen LogP contribution in [0.1, 0.15) is 57.0 Å². The van der Waals surface area contributed by atoms with Crippen LogP contribution in [0.25, 0.3) is 33.2 Å². The second-order valence-electron chi connectivity index (χ2n) is 11.4. The Balaban J connectivity index is 1.78. The van der Waals surface area contributed by atoms with E-state index in [0.29, 0.717) is 5.56 Å². The average molecular weight is 491 g/mol. The molecule has 188 valence electrons. The highest BCUT2D eigenvalue weighted by atomic mass is 19.4. The zero-order valence-corrected chi connectivity index (χ0v) is 22.0. The molecule has 4 aromatic rings. The Kier molecular flexibility index (Phi) is 6.48. The highest BCUT2D eigenvalue weighted by Crippen LogP contribution is 2.41. The maximum Gasteiger partial charge on any atom is 0.394 e. The molecule has 0 atom stereocenters. The summed E-state index contributed by atoms with van der Waals surface area (Å²) < 4.78 is 40.2. The van der Waals surface area contributed by atoms with Crippen LogP contribution in [0.15, 0.2) is 60.7 Å². The van der Waals surface area contributed by atoms with Crippen molar-refractivity contribution in [2.45, 2.75) is 66.5 Å². The quantitative estimate of drug-likeness (QED) is 0.285. The van der Waals surface area contributed by atoms with E-state index in [0.717, 1.165) is 39.0 Å². The lowest BCUT2D eigenvalue weighted by Crippen LogP contribution is -2.34. The van der Waals surface area contributed by atoms with Crippen molar-refractivity contribution in [3.05, 3.63) is 83.0 Å². The molecule has 0 saturated carbocycles. The monoisotopic (exact) mass is 490 g/mol. The molecule has 1 aromatic heterocycles. The first-order valence-corrected chi connectivity index (χ1v) is 12.2. The molecule has 0 unspecified atom stereocenters. The minimum atomic E-state index is -4.26. The zero-order valence-electron chi connectivity index (χ0n) is 22.0. The molecule has 1 heterocycles. The predicted octanol–water partition coefficient (Wildman–Crippen LogP) is 9.01. The second kappa shape index (κ2) is 9.02. The van der Waals surface area contributed by atoms with Gasteiger partial charge in [0.2, 0.25) is 0 Å². The molecule has 0 spiro atoms. The van der Waals surface area contributed by atoms with E-state index in [9.17, 15) is 13.2 Å². The van der Waals surface area contributed by atoms with Crippen LogP contribution in [-0.4, -0.2) is 16.4 Å². The number of alkyl halides is 3. The Hall–Kier alpha value is -3.21. The summed E-state index contributed by atoms with van der Waals surface area (Å²) in [5.41, 5.74) is 5.43. The summed E-state index contributed by atoms with van der Waals surface area (Å²) in [5.74, 6) is 0. The SMILES string of the molecule is Cc1cc(CC(C)(C)C(F)(F)F)ccc1-c1cc(-c2cc(C(C)(C)C)c3ccccc3c2)nnc1C. The lowest BCUT2D eigenvalue weighted by Gasteiger charge is -2.28. The van der Waals surface area contributed by atoms with Gasteiger partial charge >= 0.3 is 6.18 Å². The average Bonchev–Trinajstić information content (AvgIpc) is 2.77. The Morgan fingerprint density at radius 3 is 2.08 bits per heavy atom. The van der Waals surface area contributed by atoms with Crippen molar-refractivity contribution in [3.8, 4) is 22.4 Å². The van der Waals surface area contributed by atoms with Crippen LogP contribution in [0.2, 0.25) is 0 Å². The Morgan fingerprint density at radius 2 is 1.44 bits per heavy atom. The van der Waals surface area contributed by atoms with Crippen molar-refractivity contribution in [1.29, 1.82) is 0 Å². The Bertz CT molecular complexity index is 1430. The summed E-state index contributed by atoms with van der Waals surface area (Å²) in [6.45, 7) is 12.9. The highest BCUT2D eigenvalue weighted by molar-refractivity contribution is 5.91. The number of hydrogen-bond donors (Lipinski definition) is 0. The fraction of sp³-hybridized carbons (Fsp3) is 0.355. The molecule has 5 heteroatoms. The van der Waals surface area contributed by atoms with E-state index in [1.54, 1.807) is 6.07 Å². The highest BCUT2D eigenvalue weighted by Gasteiger charge is 2.47. The summed E-state index contributed by atoms with van der Waals surface area (Å²) in [6, 6.07) is 20.3. The largest absolute Gasteiger partial charge is 0.394 e. The van der Waals surface area contributed by atoms with Crippen LogP contribution in [0.5, 0.6) is 0 Å². The zero-order chi connectivity index (χ0) is 26.5. The molecule has 0 radical (unpaired) electrons. The molecule has 4 rings (SSSR count). The minimum absolute atomic E-state index is 0.0484. The first kappa shape index (κ1) is 25.9. The van der Waals surface area contributed by atoms with Crippen molar-refractivity contribution < 1.29 is 13.2 Å². The number of aromatic nitrogens is 2. The lowest BCUT2D eigenvalue weighted by molar-refractivity contribution is -0.211. The van der Waals surface area contributed by atoms with E-state index in [1.807, 2.05) is 38.1 Å². The Morgan fingerprint density at radius 1 is 0.750 bits per heavy atom. The summed E-state index contributed by atoms with van der Waals surface area (Å²) in [7, 11) is 0. The molecule has 0 aliphatic heterocycles. The molecule has 0 fully saturated rings. The van der Waals surface area contributed by atoms with Crippen LogP contribution in [0, 0.1) is 19.3 Å². The third kappa shape index (κ3) is 5.02. The van der Waals surface area contributed by atoms with E-state index < -0.39 is 11.6 Å². The third-order valence-electron chi connectivity index (χ3n) is 6.94. The van der Waals surface area contributed by atoms with Gasteiger partial charge < -0.3 is 0 Å². The topological polar surface area (TPSA) is 25.8 Å². The first-order chi connectivity index (χ1) is 16.7. The standard InChI is InChI=1S/C31H33F3N2/c1-19-14-21(18-30(6,7)31(32,33)34)12-13-24(19)26-17-28(36-35-20(26)2)23-15-22-10-8-9-11-25(22)27(16-23)29(3,4)5/h8-17H,18H2,1-7H3. The molecule has 2 nitrogen and oxygen atoms in total. The van der Waals surface area contributed by atoms with Crippen molar-refractivity contribution in [1.82, 2.24) is 10.2 Å². The fourth-order valence-electron chi connectivity index (χ4n) is 4.69. The van der Waals surface area contributed by atoms with E-state index in [2.05, 4.69) is 61.3 Å². The first-order valence-electron chi connectivity index (χ1n) is 12.2. The molecule has 0 aliphatic carbocycles. The van der Waals surface area contributed by atoms with Gasteiger partial charge in [0.15, 0.2) is 0 Å². The minimum Gasteiger partial charge on any atom is -0.171 e. The van der Waals surface area contributed by atoms with Crippen LogP contribution in [-0.2, 0) is 11.8 Å². The van der Waals surface area contributed by atoms with Crippen LogP contribution >= 0.6 is 0 Å². The maximum absolute atomic E-state index is 13.4. The molecule has 0 N–H and O–H groups in total. The predicted molar refractivity (Wildman–Crippen MR) is 142 cm³/mol. The summed E-state index contributed by atoms with van der Waals surface area (Å²) >= 11 is 0. The van der Waals surface area contributed by atoms with Crippen molar-refractivity contribution >= 4 is 10.8 Å². The van der Waals surface area contributed by atoms with Crippen LogP contribution in [0.3, 0.4) is 0 Å². The van der Waals surface area contributed by atoms with Crippen molar-refractivity contribution in [2.75, 3.05) is 0 Å². The van der Waals surface area contributed by atoms with Gasteiger partial charge in [-0.2, -0.15) is 23.4 Å². The van der Waals surface area contributed by atoms with Gasteiger partial charge in [0, 0.05) is 11.1 Å². The number of aryl methyl sites for hydroxylation is 2. The van der Waals surface area contributed by atoms with Gasteiger partial charge in [0.05, 0.1) is 16.8 Å². The van der Waals surface area contributed by atoms with Crippen molar-refractivity contribution in [3.63, 3.8) is 0 Å². The van der Waals surface area contributed by atoms with Gasteiger partial charge in [-0.15, -0.1) is 0 Å². The van der Waals surface area contributed by atoms with Gasteiger partial charge in [0.1, 0.15) is 0 Å². The van der Waals surface area contributed by atoms with Gasteiger partial charge in [-0.3, -0.25) is 0 Å². The van der Waals surface area contributed by atoms with Crippen molar-refractivity contribution in [2.24, 2.45) is 5.41 Å². The molecular weight excluding hydrogens is 457 g/mol. The number of benzene rings is 3. The molecule has 0 bridgehead atoms. The number of halogens is 3. The fourth-order valence-corrected chi connectivity index (χ4v) is 4.69. The number of rotatable bonds is 4. The normalized spacial score (nSPS) is 12.8. The van der Waals surface area contributed by atoms with E-state index >= 15 is 0 Å². The third-order valence-corrected chi connectivity index (χ3v) is 6.94. The Labute approximate surface area is 211 Å². The maximum atomic E-state index is 13.4. The molecule has 3 aromatic carbocycles. The van der Waals surface area contributed by atoms with E-state index in [4.69, 9.17) is 0 Å². The smallest absolute Gasteiger partial charge is 0.171 e. The molecule has 36 heavy (non-hydrogen) atoms. The van der Waals surface area contributed by atoms with Gasteiger partial charge in [-0.05, 0) is 76.9 Å². The van der Waals surface area contributed by atoms with E-state index in [-0.39, 0.29) is 11.8 Å². The van der Waals surface area contributed by atoms with Gasteiger partial charge in [-0.1, -0.05) is 77.1 Å². The summed E-state index contributed by atoms with van der Waals surface area (Å²) in [4.78, 5) is 0. The molecule has 0 amide bonds. The number of fused-ring (bicyclic) bond motifs is 1. The van der Waals surface area contributed by atoms with Gasteiger partial charge in [0.25, 0.3) is 0 Å². The second-order valence-corrected chi connectivity index (χ2v) is 11.4. The summed E-state index contributed by atoms with van der Waals surface area (Å²) in [5, 5.41) is 11.3. The number of hydrogen-bond acceptors (Lipinski definition) is 2. The van der Waals surface area contributed by atoms with E-state index in [1.165, 1.54) is 24.8 Å². The van der Waals surface area contributed by atoms with Crippen LogP contribution in [0.4, 0.5) is 13.2 Å². The lowest BCUT2D eigenvalue weighted by atomic mass is 9.82. The number of nitrogens with zero attached hydrogens (tertiary/aromatic N) is 2. The van der Waals surface area contributed by atoms with Gasteiger partial charge in [-0.25, -0.2) is 0 Å². The summed E-state index contributed by atoms with van der Waals surface area (Å²) in [6.07, 6.45) is -4.32.